The van der Waals surface area contributed by atoms with Crippen LogP contribution in [0.25, 0.3) is 0 Å². The maximum atomic E-state index is 12.5. The molecule has 1 heterocycles. The van der Waals surface area contributed by atoms with Gasteiger partial charge in [0.1, 0.15) is 0 Å². The summed E-state index contributed by atoms with van der Waals surface area (Å²) < 4.78 is 0. The summed E-state index contributed by atoms with van der Waals surface area (Å²) in [6.45, 7) is 5.10. The third-order valence-electron chi connectivity index (χ3n) is 4.86. The van der Waals surface area contributed by atoms with Crippen LogP contribution >= 0.6 is 0 Å². The second-order valence-corrected chi connectivity index (χ2v) is 6.87. The number of benzene rings is 2. The topological polar surface area (TPSA) is 52.7 Å². The number of anilines is 2. The van der Waals surface area contributed by atoms with Gasteiger partial charge in [0.05, 0.1) is 13.1 Å². The molecular formula is C21H25N3O2. The van der Waals surface area contributed by atoms with Crippen molar-refractivity contribution >= 4 is 23.2 Å². The summed E-state index contributed by atoms with van der Waals surface area (Å²) in [4.78, 5) is 28.5. The summed E-state index contributed by atoms with van der Waals surface area (Å²) in [5.41, 5.74) is 5.25. The van der Waals surface area contributed by atoms with E-state index >= 15 is 0 Å². The largest absolute Gasteiger partial charge is 0.362 e. The van der Waals surface area contributed by atoms with Gasteiger partial charge in [-0.2, -0.15) is 0 Å². The zero-order valence-corrected chi connectivity index (χ0v) is 15.6. The molecular weight excluding hydrogens is 326 g/mol. The van der Waals surface area contributed by atoms with Gasteiger partial charge in [0.25, 0.3) is 0 Å². The zero-order valence-electron chi connectivity index (χ0n) is 15.6. The fraction of sp³-hybridized carbons (Fsp3) is 0.333. The molecule has 0 aliphatic carbocycles. The molecule has 0 bridgehead atoms. The highest BCUT2D eigenvalue weighted by Crippen LogP contribution is 2.27. The third kappa shape index (κ3) is 3.87. The number of nitrogens with one attached hydrogen (secondary N) is 1. The Morgan fingerprint density at radius 3 is 2.50 bits per heavy atom. The maximum absolute atomic E-state index is 12.5. The van der Waals surface area contributed by atoms with Crippen molar-refractivity contribution in [2.24, 2.45) is 0 Å². The summed E-state index contributed by atoms with van der Waals surface area (Å²) in [6, 6.07) is 14.0. The van der Waals surface area contributed by atoms with Crippen LogP contribution in [0.2, 0.25) is 0 Å². The number of amides is 2. The number of rotatable bonds is 5. The van der Waals surface area contributed by atoms with Crippen molar-refractivity contribution < 1.29 is 9.59 Å². The van der Waals surface area contributed by atoms with Crippen LogP contribution in [0.5, 0.6) is 0 Å². The first-order chi connectivity index (χ1) is 12.5. The Morgan fingerprint density at radius 2 is 1.77 bits per heavy atom. The van der Waals surface area contributed by atoms with Crippen LogP contribution in [0, 0.1) is 13.8 Å². The number of carbonyl (C=O) groups is 2. The van der Waals surface area contributed by atoms with E-state index in [1.165, 1.54) is 10.5 Å². The second-order valence-electron chi connectivity index (χ2n) is 6.87. The molecule has 2 aromatic rings. The van der Waals surface area contributed by atoms with Gasteiger partial charge in [-0.15, -0.1) is 0 Å². The summed E-state index contributed by atoms with van der Waals surface area (Å²) in [6.07, 6.45) is 0.959. The lowest BCUT2D eigenvalue weighted by Crippen LogP contribution is -2.41. The van der Waals surface area contributed by atoms with E-state index in [0.717, 1.165) is 35.5 Å². The predicted octanol–water partition coefficient (Wildman–Crippen LogP) is 2.76. The molecule has 2 aromatic carbocycles. The van der Waals surface area contributed by atoms with Gasteiger partial charge in [-0.1, -0.05) is 36.4 Å². The zero-order chi connectivity index (χ0) is 18.7. The average molecular weight is 351 g/mol. The van der Waals surface area contributed by atoms with Crippen LogP contribution in [-0.4, -0.2) is 43.4 Å². The Hall–Kier alpha value is -2.82. The van der Waals surface area contributed by atoms with Gasteiger partial charge in [-0.25, -0.2) is 0 Å². The van der Waals surface area contributed by atoms with Crippen molar-refractivity contribution in [3.8, 4) is 0 Å². The van der Waals surface area contributed by atoms with Crippen LogP contribution in [0.3, 0.4) is 0 Å². The molecule has 5 heteroatoms. The number of hydrogen-bond acceptors (Lipinski definition) is 3. The number of carbonyl (C=O) groups excluding carboxylic acids is 2. The molecule has 0 aromatic heterocycles. The van der Waals surface area contributed by atoms with Crippen molar-refractivity contribution in [1.82, 2.24) is 4.90 Å². The van der Waals surface area contributed by atoms with E-state index in [9.17, 15) is 9.59 Å². The van der Waals surface area contributed by atoms with Crippen molar-refractivity contribution in [1.29, 1.82) is 0 Å². The Labute approximate surface area is 154 Å². The van der Waals surface area contributed by atoms with Crippen molar-refractivity contribution in [2.75, 3.05) is 36.9 Å². The third-order valence-corrected chi connectivity index (χ3v) is 4.86. The average Bonchev–Trinajstić information content (AvgIpc) is 3.01. The number of para-hydroxylation sites is 2. The standard InChI is InChI=1S/C21H25N3O2/c1-15-7-6-8-16(2)21(15)22-19(25)13-23(3)20(26)14-24-12-11-17-9-4-5-10-18(17)24/h4-10H,11-14H2,1-3H3,(H,22,25). The molecule has 0 atom stereocenters. The lowest BCUT2D eigenvalue weighted by atomic mass is 10.1. The molecule has 2 amide bonds. The highest BCUT2D eigenvalue weighted by atomic mass is 16.2. The molecule has 0 fully saturated rings. The molecule has 3 rings (SSSR count). The van der Waals surface area contributed by atoms with Gasteiger partial charge < -0.3 is 15.1 Å². The lowest BCUT2D eigenvalue weighted by Gasteiger charge is -2.23. The molecule has 1 N–H and O–H groups in total. The SMILES string of the molecule is Cc1cccc(C)c1NC(=O)CN(C)C(=O)CN1CCc2ccccc21. The summed E-state index contributed by atoms with van der Waals surface area (Å²) in [5.74, 6) is -0.238. The lowest BCUT2D eigenvalue weighted by molar-refractivity contribution is -0.132. The fourth-order valence-corrected chi connectivity index (χ4v) is 3.35. The summed E-state index contributed by atoms with van der Waals surface area (Å²) in [5, 5.41) is 2.93. The van der Waals surface area contributed by atoms with Gasteiger partial charge in [-0.05, 0) is 43.0 Å². The van der Waals surface area contributed by atoms with Gasteiger partial charge in [0, 0.05) is 25.0 Å². The molecule has 1 aliphatic rings. The summed E-state index contributed by atoms with van der Waals surface area (Å²) in [7, 11) is 1.68. The van der Waals surface area contributed by atoms with Crippen molar-refractivity contribution in [3.63, 3.8) is 0 Å². The van der Waals surface area contributed by atoms with E-state index in [1.807, 2.05) is 50.2 Å². The monoisotopic (exact) mass is 351 g/mol. The minimum absolute atomic E-state index is 0.0437. The highest BCUT2D eigenvalue weighted by Gasteiger charge is 2.23. The van der Waals surface area contributed by atoms with E-state index in [2.05, 4.69) is 16.3 Å². The first-order valence-electron chi connectivity index (χ1n) is 8.88. The van der Waals surface area contributed by atoms with Crippen LogP contribution < -0.4 is 10.2 Å². The second kappa shape index (κ2) is 7.60. The van der Waals surface area contributed by atoms with E-state index in [-0.39, 0.29) is 18.4 Å². The van der Waals surface area contributed by atoms with E-state index < -0.39 is 0 Å². The van der Waals surface area contributed by atoms with Crippen LogP contribution in [-0.2, 0) is 16.0 Å². The number of nitrogens with zero attached hydrogens (tertiary/aromatic N) is 2. The first-order valence-corrected chi connectivity index (χ1v) is 8.88. The quantitative estimate of drug-likeness (QED) is 0.901. The molecule has 0 saturated heterocycles. The summed E-state index contributed by atoms with van der Waals surface area (Å²) >= 11 is 0. The first kappa shape index (κ1) is 18.0. The molecule has 1 aliphatic heterocycles. The minimum atomic E-state index is -0.180. The number of fused-ring (bicyclic) bond motifs is 1. The van der Waals surface area contributed by atoms with E-state index in [0.29, 0.717) is 6.54 Å². The van der Waals surface area contributed by atoms with Gasteiger partial charge in [-0.3, -0.25) is 9.59 Å². The van der Waals surface area contributed by atoms with Gasteiger partial charge in [0.15, 0.2) is 0 Å². The normalized spacial score (nSPS) is 12.7. The van der Waals surface area contributed by atoms with Crippen LogP contribution in [0.1, 0.15) is 16.7 Å². The van der Waals surface area contributed by atoms with Crippen LogP contribution in [0.15, 0.2) is 42.5 Å². The molecule has 0 unspecified atom stereocenters. The molecule has 136 valence electrons. The van der Waals surface area contributed by atoms with E-state index in [1.54, 1.807) is 7.05 Å². The molecule has 5 nitrogen and oxygen atoms in total. The number of hydrogen-bond donors (Lipinski definition) is 1. The molecule has 0 radical (unpaired) electrons. The number of likely N-dealkylation sites (N-methyl/N-ethyl adjacent to an activating group) is 1. The van der Waals surface area contributed by atoms with Crippen LogP contribution in [0.4, 0.5) is 11.4 Å². The molecule has 0 saturated carbocycles. The Balaban J connectivity index is 1.57. The number of aryl methyl sites for hydroxylation is 2. The van der Waals surface area contributed by atoms with Crippen molar-refractivity contribution in [3.05, 3.63) is 59.2 Å². The fourth-order valence-electron chi connectivity index (χ4n) is 3.35. The predicted molar refractivity (Wildman–Crippen MR) is 105 cm³/mol. The van der Waals surface area contributed by atoms with Gasteiger partial charge >= 0.3 is 0 Å². The van der Waals surface area contributed by atoms with E-state index in [4.69, 9.17) is 0 Å². The molecule has 26 heavy (non-hydrogen) atoms. The minimum Gasteiger partial charge on any atom is -0.362 e. The maximum Gasteiger partial charge on any atom is 0.243 e. The smallest absolute Gasteiger partial charge is 0.243 e. The Morgan fingerprint density at radius 1 is 1.08 bits per heavy atom. The Bertz CT molecular complexity index is 812. The molecule has 0 spiro atoms. The Kier molecular flexibility index (Phi) is 5.26. The van der Waals surface area contributed by atoms with Gasteiger partial charge in [0.2, 0.25) is 11.8 Å². The van der Waals surface area contributed by atoms with Crippen molar-refractivity contribution in [2.45, 2.75) is 20.3 Å². The highest BCUT2D eigenvalue weighted by molar-refractivity contribution is 5.96.